The zero-order chi connectivity index (χ0) is 12.4. The fourth-order valence-electron chi connectivity index (χ4n) is 2.01. The van der Waals surface area contributed by atoms with Crippen molar-refractivity contribution in [3.8, 4) is 11.5 Å². The molecule has 2 rings (SSSR count). The lowest BCUT2D eigenvalue weighted by molar-refractivity contribution is 0.0147. The number of benzene rings is 1. The van der Waals surface area contributed by atoms with Crippen LogP contribution in [0.1, 0.15) is 17.2 Å². The summed E-state index contributed by atoms with van der Waals surface area (Å²) in [5.41, 5.74) is 1.63. The normalized spacial score (nSPS) is 22.1. The maximum absolute atomic E-state index is 10.2. The van der Waals surface area contributed by atoms with Gasteiger partial charge in [0.2, 0.25) is 0 Å². The molecule has 0 aromatic heterocycles. The van der Waals surface area contributed by atoms with E-state index in [2.05, 4.69) is 0 Å². The van der Waals surface area contributed by atoms with Gasteiger partial charge in [0.25, 0.3) is 0 Å². The predicted octanol–water partition coefficient (Wildman–Crippen LogP) is 1.78. The van der Waals surface area contributed by atoms with Gasteiger partial charge in [-0.25, -0.2) is 0 Å². The average molecular weight is 236 g/mol. The van der Waals surface area contributed by atoms with E-state index >= 15 is 0 Å². The van der Waals surface area contributed by atoms with Gasteiger partial charge in [-0.3, -0.25) is 0 Å². The first-order valence-corrected chi connectivity index (χ1v) is 5.36. The predicted molar refractivity (Wildman–Crippen MR) is 64.3 cm³/mol. The number of methoxy groups -OCH3 is 3. The monoisotopic (exact) mass is 236 g/mol. The molecule has 4 heteroatoms. The molecule has 1 aromatic rings. The third kappa shape index (κ3) is 2.01. The van der Waals surface area contributed by atoms with Crippen molar-refractivity contribution in [2.75, 3.05) is 21.3 Å². The highest BCUT2D eigenvalue weighted by Gasteiger charge is 2.26. The maximum atomic E-state index is 10.2. The summed E-state index contributed by atoms with van der Waals surface area (Å²) < 4.78 is 15.7. The summed E-state index contributed by atoms with van der Waals surface area (Å²) in [4.78, 5) is 0. The Balaban J connectivity index is 2.53. The van der Waals surface area contributed by atoms with E-state index in [0.717, 1.165) is 11.1 Å². The lowest BCUT2D eigenvalue weighted by Crippen LogP contribution is -2.22. The van der Waals surface area contributed by atoms with Crippen molar-refractivity contribution < 1.29 is 19.3 Å². The molecule has 1 aromatic carbocycles. The molecular formula is C13H16O4. The Morgan fingerprint density at radius 1 is 1.12 bits per heavy atom. The van der Waals surface area contributed by atoms with Crippen LogP contribution >= 0.6 is 0 Å². The minimum absolute atomic E-state index is 0.334. The summed E-state index contributed by atoms with van der Waals surface area (Å²) in [6.07, 6.45) is 2.68. The molecule has 1 aliphatic carbocycles. The zero-order valence-corrected chi connectivity index (χ0v) is 10.1. The number of hydrogen-bond donors (Lipinski definition) is 1. The number of fused-ring (bicyclic) bond motifs is 1. The highest BCUT2D eigenvalue weighted by molar-refractivity contribution is 5.66. The SMILES string of the molecule is COc1cc(OC)c2c(c1)[C@H](O)[C@@H](OC)C=C2. The Morgan fingerprint density at radius 3 is 2.47 bits per heavy atom. The molecular weight excluding hydrogens is 220 g/mol. The van der Waals surface area contributed by atoms with Gasteiger partial charge in [0.05, 0.1) is 14.2 Å². The molecule has 2 atom stereocenters. The van der Waals surface area contributed by atoms with Gasteiger partial charge >= 0.3 is 0 Å². The van der Waals surface area contributed by atoms with E-state index in [-0.39, 0.29) is 6.10 Å². The van der Waals surface area contributed by atoms with Crippen LogP contribution in [0.5, 0.6) is 11.5 Å². The van der Waals surface area contributed by atoms with Crippen molar-refractivity contribution in [3.05, 3.63) is 29.3 Å². The Hall–Kier alpha value is -1.52. The van der Waals surface area contributed by atoms with Crippen molar-refractivity contribution >= 4 is 6.08 Å². The van der Waals surface area contributed by atoms with Crippen molar-refractivity contribution in [2.45, 2.75) is 12.2 Å². The highest BCUT2D eigenvalue weighted by Crippen LogP contribution is 2.38. The van der Waals surface area contributed by atoms with E-state index in [1.807, 2.05) is 12.2 Å². The van der Waals surface area contributed by atoms with E-state index in [1.165, 1.54) is 0 Å². The Labute approximate surface area is 100 Å². The number of aliphatic hydroxyl groups excluding tert-OH is 1. The van der Waals surface area contributed by atoms with Gasteiger partial charge in [-0.15, -0.1) is 0 Å². The van der Waals surface area contributed by atoms with Gasteiger partial charge in [-0.1, -0.05) is 12.2 Å². The molecule has 17 heavy (non-hydrogen) atoms. The summed E-state index contributed by atoms with van der Waals surface area (Å²) in [6, 6.07) is 3.60. The molecule has 0 aliphatic heterocycles. The summed E-state index contributed by atoms with van der Waals surface area (Å²) in [5.74, 6) is 1.34. The lowest BCUT2D eigenvalue weighted by atomic mass is 9.92. The second-order valence-corrected chi connectivity index (χ2v) is 3.84. The van der Waals surface area contributed by atoms with Crippen LogP contribution < -0.4 is 9.47 Å². The number of rotatable bonds is 3. The fraction of sp³-hybridized carbons (Fsp3) is 0.385. The van der Waals surface area contributed by atoms with E-state index in [1.54, 1.807) is 33.5 Å². The molecule has 0 heterocycles. The van der Waals surface area contributed by atoms with E-state index < -0.39 is 6.10 Å². The van der Waals surface area contributed by atoms with Crippen LogP contribution in [0.25, 0.3) is 6.08 Å². The lowest BCUT2D eigenvalue weighted by Gasteiger charge is -2.26. The third-order valence-electron chi connectivity index (χ3n) is 2.96. The first kappa shape index (κ1) is 12.0. The standard InChI is InChI=1S/C13H16O4/c1-15-8-6-10-9(12(7-8)17-3)4-5-11(16-2)13(10)14/h4-7,11,13-14H,1-3H3/t11-,13-/m0/s1. The van der Waals surface area contributed by atoms with Crippen molar-refractivity contribution in [1.82, 2.24) is 0 Å². The van der Waals surface area contributed by atoms with Crippen LogP contribution in [0.4, 0.5) is 0 Å². The topological polar surface area (TPSA) is 47.9 Å². The van der Waals surface area contributed by atoms with Gasteiger partial charge in [0.15, 0.2) is 0 Å². The molecule has 0 fully saturated rings. The minimum atomic E-state index is -0.705. The molecule has 0 radical (unpaired) electrons. The summed E-state index contributed by atoms with van der Waals surface area (Å²) in [5, 5.41) is 10.2. The molecule has 0 bridgehead atoms. The van der Waals surface area contributed by atoms with Crippen LogP contribution in [-0.2, 0) is 4.74 Å². The van der Waals surface area contributed by atoms with Crippen LogP contribution in [0.3, 0.4) is 0 Å². The largest absolute Gasteiger partial charge is 0.497 e. The summed E-state index contributed by atoms with van der Waals surface area (Å²) >= 11 is 0. The molecule has 0 spiro atoms. The molecule has 0 amide bonds. The maximum Gasteiger partial charge on any atom is 0.130 e. The molecule has 92 valence electrons. The van der Waals surface area contributed by atoms with Crippen LogP contribution in [0, 0.1) is 0 Å². The highest BCUT2D eigenvalue weighted by atomic mass is 16.5. The Morgan fingerprint density at radius 2 is 1.88 bits per heavy atom. The molecule has 0 saturated heterocycles. The van der Waals surface area contributed by atoms with Crippen molar-refractivity contribution in [3.63, 3.8) is 0 Å². The Kier molecular flexibility index (Phi) is 3.36. The first-order valence-electron chi connectivity index (χ1n) is 5.36. The van der Waals surface area contributed by atoms with Gasteiger partial charge < -0.3 is 19.3 Å². The second-order valence-electron chi connectivity index (χ2n) is 3.84. The number of ether oxygens (including phenoxy) is 3. The minimum Gasteiger partial charge on any atom is -0.497 e. The van der Waals surface area contributed by atoms with Crippen LogP contribution in [0.15, 0.2) is 18.2 Å². The van der Waals surface area contributed by atoms with E-state index in [9.17, 15) is 5.11 Å². The van der Waals surface area contributed by atoms with Crippen LogP contribution in [0.2, 0.25) is 0 Å². The van der Waals surface area contributed by atoms with Crippen molar-refractivity contribution in [2.24, 2.45) is 0 Å². The molecule has 0 unspecified atom stereocenters. The molecule has 4 nitrogen and oxygen atoms in total. The fourth-order valence-corrected chi connectivity index (χ4v) is 2.01. The Bertz CT molecular complexity index is 439. The number of aliphatic hydroxyl groups is 1. The third-order valence-corrected chi connectivity index (χ3v) is 2.96. The number of hydrogen-bond acceptors (Lipinski definition) is 4. The molecule has 1 N–H and O–H groups in total. The van der Waals surface area contributed by atoms with Crippen molar-refractivity contribution in [1.29, 1.82) is 0 Å². The van der Waals surface area contributed by atoms with Gasteiger partial charge in [0.1, 0.15) is 23.7 Å². The van der Waals surface area contributed by atoms with Gasteiger partial charge in [-0.05, 0) is 11.6 Å². The van der Waals surface area contributed by atoms with Gasteiger partial charge in [0, 0.05) is 18.7 Å². The first-order chi connectivity index (χ1) is 8.21. The van der Waals surface area contributed by atoms with Gasteiger partial charge in [-0.2, -0.15) is 0 Å². The summed E-state index contributed by atoms with van der Waals surface area (Å²) in [6.45, 7) is 0. The quantitative estimate of drug-likeness (QED) is 0.869. The smallest absolute Gasteiger partial charge is 0.130 e. The average Bonchev–Trinajstić information content (AvgIpc) is 2.38. The second kappa shape index (κ2) is 4.77. The van der Waals surface area contributed by atoms with E-state index in [4.69, 9.17) is 14.2 Å². The van der Waals surface area contributed by atoms with Crippen LogP contribution in [-0.4, -0.2) is 32.5 Å². The molecule has 0 saturated carbocycles. The van der Waals surface area contributed by atoms with E-state index in [0.29, 0.717) is 11.5 Å². The zero-order valence-electron chi connectivity index (χ0n) is 10.1. The molecule has 1 aliphatic rings. The summed E-state index contributed by atoms with van der Waals surface area (Å²) in [7, 11) is 4.75.